The van der Waals surface area contributed by atoms with Crippen molar-refractivity contribution in [3.05, 3.63) is 52.8 Å². The summed E-state index contributed by atoms with van der Waals surface area (Å²) in [7, 11) is 1.78. The first-order valence-corrected chi connectivity index (χ1v) is 10.8. The van der Waals surface area contributed by atoms with E-state index < -0.39 is 5.69 Å². The van der Waals surface area contributed by atoms with Crippen LogP contribution in [0.2, 0.25) is 0 Å². The summed E-state index contributed by atoms with van der Waals surface area (Å²) < 4.78 is 13.4. The van der Waals surface area contributed by atoms with Gasteiger partial charge in [-0.05, 0) is 37.5 Å². The van der Waals surface area contributed by atoms with Gasteiger partial charge >= 0.3 is 5.69 Å². The number of nitrogens with one attached hydrogen (secondary N) is 1. The zero-order chi connectivity index (χ0) is 22.9. The predicted octanol–water partition coefficient (Wildman–Crippen LogP) is 3.03. The summed E-state index contributed by atoms with van der Waals surface area (Å²) in [6.45, 7) is 1.16. The molecule has 1 aliphatic heterocycles. The maximum Gasteiger partial charge on any atom is 0.348 e. The van der Waals surface area contributed by atoms with E-state index in [4.69, 9.17) is 14.9 Å². The van der Waals surface area contributed by atoms with Gasteiger partial charge in [0.25, 0.3) is 0 Å². The van der Waals surface area contributed by atoms with Crippen LogP contribution in [0.3, 0.4) is 0 Å². The Kier molecular flexibility index (Phi) is 5.43. The monoisotopic (exact) mass is 448 g/mol. The minimum Gasteiger partial charge on any atom is -0.506 e. The fraction of sp³-hybridized carbons (Fsp3) is 0.304. The number of fused-ring (bicyclic) bond motifs is 3. The van der Waals surface area contributed by atoms with Crippen LogP contribution in [-0.2, 0) is 11.3 Å². The van der Waals surface area contributed by atoms with Crippen LogP contribution in [0.1, 0.15) is 24.8 Å². The number of rotatable bonds is 6. The fourth-order valence-electron chi connectivity index (χ4n) is 4.17. The van der Waals surface area contributed by atoms with Crippen LogP contribution in [0.5, 0.6) is 0 Å². The van der Waals surface area contributed by atoms with E-state index in [0.29, 0.717) is 57.8 Å². The van der Waals surface area contributed by atoms with E-state index in [1.54, 1.807) is 29.9 Å². The summed E-state index contributed by atoms with van der Waals surface area (Å²) in [5, 5.41) is 13.7. The molecule has 0 aliphatic carbocycles. The molecular weight excluding hydrogens is 424 g/mol. The molecule has 4 N–H and O–H groups in total. The zero-order valence-electron chi connectivity index (χ0n) is 18.1. The van der Waals surface area contributed by atoms with E-state index in [0.717, 1.165) is 25.6 Å². The Bertz CT molecular complexity index is 1400. The second kappa shape index (κ2) is 8.55. The number of nitrogens with two attached hydrogens (primary N) is 1. The van der Waals surface area contributed by atoms with Crippen molar-refractivity contribution in [1.82, 2.24) is 19.5 Å². The molecule has 5 rings (SSSR count). The lowest BCUT2D eigenvalue weighted by Crippen LogP contribution is -2.25. The van der Waals surface area contributed by atoms with Crippen molar-refractivity contribution in [3.8, 4) is 11.3 Å². The van der Waals surface area contributed by atoms with Crippen molar-refractivity contribution in [2.24, 2.45) is 5.73 Å². The number of ether oxygens (including phenoxy) is 1. The van der Waals surface area contributed by atoms with E-state index in [9.17, 15) is 9.90 Å². The molecule has 170 valence electrons. The maximum atomic E-state index is 13.2. The Hall–Kier alpha value is -3.92. The van der Waals surface area contributed by atoms with Crippen molar-refractivity contribution in [1.29, 1.82) is 0 Å². The number of aliphatic hydroxyl groups excluding tert-OH is 1. The molecule has 0 spiro atoms. The van der Waals surface area contributed by atoms with Gasteiger partial charge in [-0.15, -0.1) is 0 Å². The number of hydrogen-bond acceptors (Lipinski definition) is 9. The van der Waals surface area contributed by atoms with Gasteiger partial charge in [0.2, 0.25) is 5.71 Å². The number of aliphatic hydroxyl groups is 1. The molecule has 0 saturated carbocycles. The first-order chi connectivity index (χ1) is 16.1. The lowest BCUT2D eigenvalue weighted by molar-refractivity contribution is 0.100. The van der Waals surface area contributed by atoms with Gasteiger partial charge in [0, 0.05) is 49.9 Å². The Labute approximate surface area is 188 Å². The van der Waals surface area contributed by atoms with Crippen LogP contribution in [0.25, 0.3) is 39.2 Å². The van der Waals surface area contributed by atoms with Crippen LogP contribution in [0.4, 0.5) is 5.82 Å². The van der Waals surface area contributed by atoms with Gasteiger partial charge in [0.15, 0.2) is 5.58 Å². The first kappa shape index (κ1) is 21.0. The Morgan fingerprint density at radius 2 is 2.24 bits per heavy atom. The van der Waals surface area contributed by atoms with Crippen molar-refractivity contribution >= 4 is 33.8 Å². The van der Waals surface area contributed by atoms with Crippen molar-refractivity contribution in [3.63, 3.8) is 0 Å². The second-order valence-corrected chi connectivity index (χ2v) is 7.91. The Morgan fingerprint density at radius 3 is 2.94 bits per heavy atom. The highest BCUT2D eigenvalue weighted by atomic mass is 16.5. The molecule has 1 fully saturated rings. The number of hydrogen-bond donors (Lipinski definition) is 3. The topological polar surface area (TPSA) is 141 Å². The quantitative estimate of drug-likeness (QED) is 0.379. The molecule has 0 amide bonds. The minimum absolute atomic E-state index is 0.112. The van der Waals surface area contributed by atoms with Gasteiger partial charge in [-0.1, -0.05) is 0 Å². The van der Waals surface area contributed by atoms with E-state index in [1.165, 1.54) is 6.20 Å². The van der Waals surface area contributed by atoms with Crippen molar-refractivity contribution in [2.45, 2.75) is 31.9 Å². The van der Waals surface area contributed by atoms with E-state index >= 15 is 0 Å². The molecule has 0 radical (unpaired) electrons. The molecule has 5 heterocycles. The standard InChI is InChI=1S/C23H24N6O4/c1-25-18-5-4-13(11-26-18)19-21-20(16-9-14(17(30)10-24)12-27-22(16)33-21)29(23(31)28-19)7-6-15-3-2-8-32-15/h4-5,9-12,15,30H,2-3,6-8,24H2,1H3,(H,25,26)/b17-10-. The zero-order valence-corrected chi connectivity index (χ0v) is 18.1. The summed E-state index contributed by atoms with van der Waals surface area (Å²) >= 11 is 0. The molecule has 0 aromatic carbocycles. The number of aromatic nitrogens is 4. The van der Waals surface area contributed by atoms with Crippen molar-refractivity contribution in [2.75, 3.05) is 19.0 Å². The Morgan fingerprint density at radius 1 is 1.36 bits per heavy atom. The Balaban J connectivity index is 1.73. The molecule has 10 heteroatoms. The van der Waals surface area contributed by atoms with E-state index in [1.807, 2.05) is 6.07 Å². The number of anilines is 1. The number of pyridine rings is 2. The SMILES string of the molecule is CNc1ccc(-c2nc(=O)n(CCC3CCCO3)c3c2oc2ncc(/C(O)=C/N)cc23)cn1. The van der Waals surface area contributed by atoms with Gasteiger partial charge in [0.1, 0.15) is 22.8 Å². The van der Waals surface area contributed by atoms with E-state index in [2.05, 4.69) is 20.3 Å². The third kappa shape index (κ3) is 3.78. The number of nitrogens with zero attached hydrogens (tertiary/aromatic N) is 4. The van der Waals surface area contributed by atoms with Crippen LogP contribution in [-0.4, -0.2) is 44.4 Å². The van der Waals surface area contributed by atoms with E-state index in [-0.39, 0.29) is 11.9 Å². The fourth-order valence-corrected chi connectivity index (χ4v) is 4.17. The molecule has 1 saturated heterocycles. The lowest BCUT2D eigenvalue weighted by Gasteiger charge is -2.13. The second-order valence-electron chi connectivity index (χ2n) is 7.91. The van der Waals surface area contributed by atoms with Crippen LogP contribution in [0.15, 0.2) is 46.0 Å². The molecule has 4 aromatic rings. The van der Waals surface area contributed by atoms with Gasteiger partial charge in [-0.3, -0.25) is 4.57 Å². The molecule has 33 heavy (non-hydrogen) atoms. The molecule has 1 aliphatic rings. The van der Waals surface area contributed by atoms with Gasteiger partial charge in [-0.25, -0.2) is 14.8 Å². The smallest absolute Gasteiger partial charge is 0.348 e. The molecule has 10 nitrogen and oxygen atoms in total. The molecule has 1 atom stereocenters. The van der Waals surface area contributed by atoms with Gasteiger partial charge < -0.3 is 25.3 Å². The third-order valence-corrected chi connectivity index (χ3v) is 5.89. The normalized spacial score (nSPS) is 16.6. The minimum atomic E-state index is -0.403. The molecule has 1 unspecified atom stereocenters. The number of aryl methyl sites for hydroxylation is 1. The maximum absolute atomic E-state index is 13.2. The number of furan rings is 1. The highest BCUT2D eigenvalue weighted by Gasteiger charge is 2.23. The highest BCUT2D eigenvalue weighted by Crippen LogP contribution is 2.34. The average Bonchev–Trinajstić information content (AvgIpc) is 3.50. The highest BCUT2D eigenvalue weighted by molar-refractivity contribution is 6.06. The predicted molar refractivity (Wildman–Crippen MR) is 125 cm³/mol. The largest absolute Gasteiger partial charge is 0.506 e. The van der Waals surface area contributed by atoms with Crippen LogP contribution >= 0.6 is 0 Å². The van der Waals surface area contributed by atoms with Crippen LogP contribution in [0, 0.1) is 0 Å². The average molecular weight is 448 g/mol. The summed E-state index contributed by atoms with van der Waals surface area (Å²) in [6, 6.07) is 5.34. The lowest BCUT2D eigenvalue weighted by atomic mass is 10.1. The molecule has 0 bridgehead atoms. The van der Waals surface area contributed by atoms with Crippen molar-refractivity contribution < 1.29 is 14.3 Å². The summed E-state index contributed by atoms with van der Waals surface area (Å²) in [5.74, 6) is 0.577. The molecule has 4 aromatic heterocycles. The third-order valence-electron chi connectivity index (χ3n) is 5.89. The van der Waals surface area contributed by atoms with Crippen LogP contribution < -0.4 is 16.7 Å². The first-order valence-electron chi connectivity index (χ1n) is 10.8. The summed E-state index contributed by atoms with van der Waals surface area (Å²) in [4.78, 5) is 26.2. The summed E-state index contributed by atoms with van der Waals surface area (Å²) in [5.41, 5.74) is 7.85. The van der Waals surface area contributed by atoms with Gasteiger partial charge in [0.05, 0.1) is 11.5 Å². The van der Waals surface area contributed by atoms with Gasteiger partial charge in [-0.2, -0.15) is 4.98 Å². The molecular formula is C23H24N6O4. The summed E-state index contributed by atoms with van der Waals surface area (Å²) in [6.07, 6.45) is 6.99.